The highest BCUT2D eigenvalue weighted by molar-refractivity contribution is 5.85. The number of nitrogens with zero attached hydrogens (tertiary/aromatic N) is 1. The molecule has 104 valence electrons. The first kappa shape index (κ1) is 15.0. The molecular weight excluding hydrogens is 232 g/mol. The Morgan fingerprint density at radius 2 is 2.17 bits per heavy atom. The van der Waals surface area contributed by atoms with Crippen LogP contribution in [0, 0.1) is 5.92 Å². The maximum atomic E-state index is 12.2. The Morgan fingerprint density at radius 3 is 2.72 bits per heavy atom. The van der Waals surface area contributed by atoms with Crippen LogP contribution in [0.2, 0.25) is 0 Å². The molecule has 1 amide bonds. The van der Waals surface area contributed by atoms with E-state index < -0.39 is 11.5 Å². The molecule has 3 N–H and O–H groups in total. The summed E-state index contributed by atoms with van der Waals surface area (Å²) in [6.45, 7) is 5.16. The van der Waals surface area contributed by atoms with Crippen molar-refractivity contribution in [3.8, 4) is 0 Å². The quantitative estimate of drug-likeness (QED) is 0.748. The zero-order valence-electron chi connectivity index (χ0n) is 11.3. The number of aliphatic carboxylic acids is 1. The third kappa shape index (κ3) is 3.98. The fraction of sp³-hybridized carbons (Fsp3) is 0.846. The van der Waals surface area contributed by atoms with Crippen molar-refractivity contribution in [3.05, 3.63) is 0 Å². The van der Waals surface area contributed by atoms with Crippen LogP contribution in [0.15, 0.2) is 0 Å². The third-order valence-corrected chi connectivity index (χ3v) is 3.60. The number of hydrogen-bond acceptors (Lipinski definition) is 3. The molecule has 1 aliphatic rings. The van der Waals surface area contributed by atoms with Gasteiger partial charge in [-0.1, -0.05) is 13.3 Å². The molecule has 1 fully saturated rings. The predicted octanol–water partition coefficient (Wildman–Crippen LogP) is 1.22. The summed E-state index contributed by atoms with van der Waals surface area (Å²) in [6.07, 6.45) is 3.29. The van der Waals surface area contributed by atoms with E-state index in [0.29, 0.717) is 31.8 Å². The van der Waals surface area contributed by atoms with Crippen molar-refractivity contribution in [1.82, 2.24) is 4.90 Å². The van der Waals surface area contributed by atoms with Crippen LogP contribution in [0.3, 0.4) is 0 Å². The van der Waals surface area contributed by atoms with Gasteiger partial charge in [0.2, 0.25) is 5.91 Å². The summed E-state index contributed by atoms with van der Waals surface area (Å²) in [5.41, 5.74) is 5.25. The van der Waals surface area contributed by atoms with Crippen LogP contribution >= 0.6 is 0 Å². The Balaban J connectivity index is 2.46. The van der Waals surface area contributed by atoms with Crippen molar-refractivity contribution in [2.45, 2.75) is 51.5 Å². The van der Waals surface area contributed by atoms with E-state index in [0.717, 1.165) is 12.8 Å². The van der Waals surface area contributed by atoms with E-state index in [1.54, 1.807) is 11.8 Å². The fourth-order valence-corrected chi connectivity index (χ4v) is 2.57. The Kier molecular flexibility index (Phi) is 5.14. The molecule has 1 rings (SSSR count). The van der Waals surface area contributed by atoms with Gasteiger partial charge in [0.1, 0.15) is 0 Å². The fourth-order valence-electron chi connectivity index (χ4n) is 2.57. The number of amides is 1. The van der Waals surface area contributed by atoms with Gasteiger partial charge in [-0.2, -0.15) is 0 Å². The molecule has 0 aromatic carbocycles. The molecule has 0 spiro atoms. The van der Waals surface area contributed by atoms with Crippen LogP contribution in [0.5, 0.6) is 0 Å². The molecular formula is C13H24N2O3. The first-order valence-electron chi connectivity index (χ1n) is 6.67. The molecule has 1 saturated heterocycles. The van der Waals surface area contributed by atoms with E-state index >= 15 is 0 Å². The second kappa shape index (κ2) is 6.18. The van der Waals surface area contributed by atoms with Gasteiger partial charge >= 0.3 is 5.97 Å². The third-order valence-electron chi connectivity index (χ3n) is 3.60. The summed E-state index contributed by atoms with van der Waals surface area (Å²) in [7, 11) is 0. The molecule has 0 aliphatic carbocycles. The average Bonchev–Trinajstić information content (AvgIpc) is 2.73. The lowest BCUT2D eigenvalue weighted by molar-refractivity contribution is -0.137. The van der Waals surface area contributed by atoms with Crippen LogP contribution in [-0.2, 0) is 9.59 Å². The lowest BCUT2D eigenvalue weighted by atomic mass is 9.96. The Morgan fingerprint density at radius 1 is 1.50 bits per heavy atom. The van der Waals surface area contributed by atoms with Crippen molar-refractivity contribution >= 4 is 11.9 Å². The number of nitrogens with two attached hydrogens (primary N) is 1. The van der Waals surface area contributed by atoms with Gasteiger partial charge in [-0.15, -0.1) is 0 Å². The Hall–Kier alpha value is -1.10. The number of carboxylic acids is 1. The molecule has 2 unspecified atom stereocenters. The van der Waals surface area contributed by atoms with Crippen molar-refractivity contribution in [1.29, 1.82) is 0 Å². The van der Waals surface area contributed by atoms with Crippen molar-refractivity contribution in [2.24, 2.45) is 11.7 Å². The Labute approximate surface area is 108 Å². The number of carbonyl (C=O) groups is 2. The highest BCUT2D eigenvalue weighted by Gasteiger charge is 2.35. The normalized spacial score (nSPS) is 22.8. The maximum absolute atomic E-state index is 12.2. The number of carboxylic acid groups (broad SMARTS) is 1. The molecule has 0 bridgehead atoms. The van der Waals surface area contributed by atoms with E-state index in [2.05, 4.69) is 0 Å². The second-order valence-corrected chi connectivity index (χ2v) is 5.51. The van der Waals surface area contributed by atoms with Gasteiger partial charge in [0.25, 0.3) is 0 Å². The van der Waals surface area contributed by atoms with Crippen molar-refractivity contribution < 1.29 is 14.7 Å². The van der Waals surface area contributed by atoms with Crippen molar-refractivity contribution in [3.63, 3.8) is 0 Å². The van der Waals surface area contributed by atoms with Crippen LogP contribution < -0.4 is 5.73 Å². The number of hydrogen-bond donors (Lipinski definition) is 2. The molecule has 1 heterocycles. The minimum absolute atomic E-state index is 0.00201. The summed E-state index contributed by atoms with van der Waals surface area (Å²) < 4.78 is 0. The molecule has 0 radical (unpaired) electrons. The highest BCUT2D eigenvalue weighted by atomic mass is 16.4. The smallest absolute Gasteiger partial charge is 0.303 e. The van der Waals surface area contributed by atoms with Gasteiger partial charge in [-0.05, 0) is 32.1 Å². The molecule has 18 heavy (non-hydrogen) atoms. The van der Waals surface area contributed by atoms with E-state index in [-0.39, 0.29) is 12.3 Å². The van der Waals surface area contributed by atoms with Gasteiger partial charge in [-0.25, -0.2) is 0 Å². The van der Waals surface area contributed by atoms with Gasteiger partial charge < -0.3 is 15.7 Å². The van der Waals surface area contributed by atoms with Crippen LogP contribution in [0.4, 0.5) is 0 Å². The minimum atomic E-state index is -0.781. The molecule has 0 aromatic heterocycles. The van der Waals surface area contributed by atoms with E-state index in [9.17, 15) is 9.59 Å². The molecule has 0 saturated carbocycles. The topological polar surface area (TPSA) is 83.6 Å². The number of rotatable bonds is 6. The van der Waals surface area contributed by atoms with E-state index in [1.807, 2.05) is 6.92 Å². The van der Waals surface area contributed by atoms with Gasteiger partial charge in [0.15, 0.2) is 0 Å². The second-order valence-electron chi connectivity index (χ2n) is 5.51. The molecule has 5 nitrogen and oxygen atoms in total. The van der Waals surface area contributed by atoms with Gasteiger partial charge in [0, 0.05) is 19.5 Å². The summed E-state index contributed by atoms with van der Waals surface area (Å²) in [6, 6.07) is 0. The zero-order chi connectivity index (χ0) is 13.8. The average molecular weight is 256 g/mol. The van der Waals surface area contributed by atoms with Crippen LogP contribution in [0.25, 0.3) is 0 Å². The van der Waals surface area contributed by atoms with Gasteiger partial charge in [-0.3, -0.25) is 9.59 Å². The monoisotopic (exact) mass is 256 g/mol. The Bertz CT molecular complexity index is 315. The standard InChI is InChI=1S/C13H24N2O3/c1-3-7-13(2,14)12(18)15-8-6-10(9-15)4-5-11(16)17/h10H,3-9,14H2,1-2H3,(H,16,17). The summed E-state index contributed by atoms with van der Waals surface area (Å²) in [5.74, 6) is -0.459. The van der Waals surface area contributed by atoms with E-state index in [4.69, 9.17) is 10.8 Å². The zero-order valence-corrected chi connectivity index (χ0v) is 11.3. The van der Waals surface area contributed by atoms with Crippen LogP contribution in [0.1, 0.15) is 46.0 Å². The SMILES string of the molecule is CCCC(C)(N)C(=O)N1CCC(CCC(=O)O)C1. The molecule has 2 atom stereocenters. The molecule has 1 aliphatic heterocycles. The largest absolute Gasteiger partial charge is 0.481 e. The lowest BCUT2D eigenvalue weighted by Gasteiger charge is -2.28. The van der Waals surface area contributed by atoms with Crippen LogP contribution in [-0.4, -0.2) is 40.5 Å². The highest BCUT2D eigenvalue weighted by Crippen LogP contribution is 2.24. The van der Waals surface area contributed by atoms with E-state index in [1.165, 1.54) is 0 Å². The summed E-state index contributed by atoms with van der Waals surface area (Å²) in [5, 5.41) is 8.65. The number of carbonyl (C=O) groups excluding carboxylic acids is 1. The molecule has 0 aromatic rings. The first-order valence-corrected chi connectivity index (χ1v) is 6.67. The maximum Gasteiger partial charge on any atom is 0.303 e. The lowest BCUT2D eigenvalue weighted by Crippen LogP contribution is -2.52. The first-order chi connectivity index (χ1) is 8.36. The minimum Gasteiger partial charge on any atom is -0.481 e. The summed E-state index contributed by atoms with van der Waals surface area (Å²) >= 11 is 0. The number of likely N-dealkylation sites (tertiary alicyclic amines) is 1. The predicted molar refractivity (Wildman–Crippen MR) is 69.1 cm³/mol. The van der Waals surface area contributed by atoms with Gasteiger partial charge in [0.05, 0.1) is 5.54 Å². The summed E-state index contributed by atoms with van der Waals surface area (Å²) in [4.78, 5) is 24.5. The van der Waals surface area contributed by atoms with Crippen molar-refractivity contribution in [2.75, 3.05) is 13.1 Å². The molecule has 5 heteroatoms.